The van der Waals surface area contributed by atoms with E-state index in [1.807, 2.05) is 24.3 Å². The van der Waals surface area contributed by atoms with E-state index in [0.29, 0.717) is 12.7 Å². The summed E-state index contributed by atoms with van der Waals surface area (Å²) in [4.78, 5) is 4.96. The number of benzene rings is 3. The van der Waals surface area contributed by atoms with Crippen molar-refractivity contribution in [1.29, 1.82) is 0 Å². The Morgan fingerprint density at radius 2 is 1.58 bits per heavy atom. The monoisotopic (exact) mass is 490 g/mol. The van der Waals surface area contributed by atoms with Gasteiger partial charge in [-0.1, -0.05) is 44.2 Å². The van der Waals surface area contributed by atoms with Gasteiger partial charge in [0.2, 0.25) is 6.79 Å². The topological polar surface area (TPSA) is 34.2 Å². The molecule has 5 nitrogen and oxygen atoms in total. The van der Waals surface area contributed by atoms with Gasteiger partial charge in [-0.25, -0.2) is 4.39 Å². The van der Waals surface area contributed by atoms with Crippen LogP contribution in [0.25, 0.3) is 0 Å². The summed E-state index contributed by atoms with van der Waals surface area (Å²) >= 11 is 0. The molecule has 0 N–H and O–H groups in total. The number of ether oxygens (including phenoxy) is 3. The maximum atomic E-state index is 14.0. The van der Waals surface area contributed by atoms with Crippen LogP contribution in [0, 0.1) is 5.82 Å². The minimum Gasteiger partial charge on any atom is -0.486 e. The van der Waals surface area contributed by atoms with Gasteiger partial charge < -0.3 is 19.1 Å². The van der Waals surface area contributed by atoms with Crippen LogP contribution in [-0.2, 0) is 6.54 Å². The third-order valence-electron chi connectivity index (χ3n) is 7.04. The molecule has 5 rings (SSSR count). The molecule has 3 aromatic rings. The minimum atomic E-state index is -0.228. The maximum absolute atomic E-state index is 14.0. The Kier molecular flexibility index (Phi) is 7.73. The Morgan fingerprint density at radius 1 is 0.833 bits per heavy atom. The van der Waals surface area contributed by atoms with Gasteiger partial charge >= 0.3 is 0 Å². The van der Waals surface area contributed by atoms with E-state index in [-0.39, 0.29) is 11.9 Å². The van der Waals surface area contributed by atoms with Crippen molar-refractivity contribution < 1.29 is 18.6 Å². The lowest BCUT2D eigenvalue weighted by molar-refractivity contribution is 0.106. The number of fused-ring (bicyclic) bond motifs is 1. The van der Waals surface area contributed by atoms with E-state index >= 15 is 0 Å². The number of hydrogen-bond acceptors (Lipinski definition) is 5. The second-order valence-corrected chi connectivity index (χ2v) is 9.98. The largest absolute Gasteiger partial charge is 0.486 e. The molecule has 190 valence electrons. The number of halogens is 1. The fourth-order valence-electron chi connectivity index (χ4n) is 4.88. The van der Waals surface area contributed by atoms with Crippen LogP contribution in [0.2, 0.25) is 0 Å². The molecule has 6 heteroatoms. The standard InChI is InChI=1S/C30H35FN2O3/c1-22(2)24-5-4-8-27(19-24)36-28(25-6-3-7-26(31)18-25)11-12-32-13-15-33(16-14-32)20-23-9-10-29-30(17-23)35-21-34-29/h3-10,17-19,22,28H,11-16,20-21H2,1-2H3/t28-/m1/s1. The third-order valence-corrected chi connectivity index (χ3v) is 7.04. The first-order valence-electron chi connectivity index (χ1n) is 12.9. The maximum Gasteiger partial charge on any atom is 0.231 e. The first kappa shape index (κ1) is 24.6. The summed E-state index contributed by atoms with van der Waals surface area (Å²) in [6.45, 7) is 10.5. The van der Waals surface area contributed by atoms with E-state index in [1.54, 1.807) is 12.1 Å². The van der Waals surface area contributed by atoms with Gasteiger partial charge in [-0.3, -0.25) is 4.90 Å². The SMILES string of the molecule is CC(C)c1cccc(O[C@H](CCN2CCN(Cc3ccc4c(c3)OCO4)CC2)c2cccc(F)c2)c1. The second kappa shape index (κ2) is 11.3. The predicted octanol–water partition coefficient (Wildman–Crippen LogP) is 6.01. The molecule has 0 bridgehead atoms. The molecule has 2 aliphatic heterocycles. The fourth-order valence-corrected chi connectivity index (χ4v) is 4.88. The minimum absolute atomic E-state index is 0.199. The lowest BCUT2D eigenvalue weighted by Gasteiger charge is -2.35. The molecular formula is C30H35FN2O3. The van der Waals surface area contributed by atoms with E-state index in [4.69, 9.17) is 14.2 Å². The van der Waals surface area contributed by atoms with Crippen LogP contribution in [-0.4, -0.2) is 49.3 Å². The lowest BCUT2D eigenvalue weighted by Crippen LogP contribution is -2.46. The molecule has 1 saturated heterocycles. The molecule has 2 heterocycles. The van der Waals surface area contributed by atoms with Crippen LogP contribution in [0.5, 0.6) is 17.2 Å². The van der Waals surface area contributed by atoms with Crippen LogP contribution in [0.1, 0.15) is 49.0 Å². The van der Waals surface area contributed by atoms with Crippen LogP contribution >= 0.6 is 0 Å². The lowest BCUT2D eigenvalue weighted by atomic mass is 10.0. The van der Waals surface area contributed by atoms with Crippen molar-refractivity contribution in [2.24, 2.45) is 0 Å². The first-order valence-corrected chi connectivity index (χ1v) is 12.9. The van der Waals surface area contributed by atoms with Crippen LogP contribution in [0.15, 0.2) is 66.7 Å². The first-order chi connectivity index (χ1) is 17.5. The number of piperazine rings is 1. The van der Waals surface area contributed by atoms with E-state index in [0.717, 1.165) is 68.5 Å². The van der Waals surface area contributed by atoms with Crippen molar-refractivity contribution in [3.8, 4) is 17.2 Å². The zero-order valence-electron chi connectivity index (χ0n) is 21.2. The zero-order valence-corrected chi connectivity index (χ0v) is 21.2. The fraction of sp³-hybridized carbons (Fsp3) is 0.400. The Bertz CT molecular complexity index is 1160. The molecule has 0 spiro atoms. The summed E-state index contributed by atoms with van der Waals surface area (Å²) in [5.41, 5.74) is 3.37. The molecule has 0 saturated carbocycles. The van der Waals surface area contributed by atoms with E-state index in [1.165, 1.54) is 17.2 Å². The van der Waals surface area contributed by atoms with Gasteiger partial charge in [0.25, 0.3) is 0 Å². The number of nitrogens with zero attached hydrogens (tertiary/aromatic N) is 2. The Balaban J connectivity index is 1.17. The summed E-state index contributed by atoms with van der Waals surface area (Å²) in [5.74, 6) is 2.70. The third kappa shape index (κ3) is 6.18. The highest BCUT2D eigenvalue weighted by molar-refractivity contribution is 5.44. The predicted molar refractivity (Wildman–Crippen MR) is 139 cm³/mol. The number of rotatable bonds is 9. The Morgan fingerprint density at radius 3 is 2.39 bits per heavy atom. The van der Waals surface area contributed by atoms with Crippen LogP contribution < -0.4 is 14.2 Å². The molecular weight excluding hydrogens is 455 g/mol. The molecule has 0 unspecified atom stereocenters. The highest BCUT2D eigenvalue weighted by Gasteiger charge is 2.21. The quantitative estimate of drug-likeness (QED) is 0.367. The van der Waals surface area contributed by atoms with Crippen LogP contribution in [0.3, 0.4) is 0 Å². The highest BCUT2D eigenvalue weighted by atomic mass is 19.1. The summed E-state index contributed by atoms with van der Waals surface area (Å²) < 4.78 is 31.4. The van der Waals surface area contributed by atoms with Crippen molar-refractivity contribution in [1.82, 2.24) is 9.80 Å². The molecule has 36 heavy (non-hydrogen) atoms. The van der Waals surface area contributed by atoms with Crippen molar-refractivity contribution in [2.75, 3.05) is 39.5 Å². The van der Waals surface area contributed by atoms with Gasteiger partial charge in [-0.15, -0.1) is 0 Å². The van der Waals surface area contributed by atoms with Crippen molar-refractivity contribution in [3.63, 3.8) is 0 Å². The summed E-state index contributed by atoms with van der Waals surface area (Å²) in [6, 6.07) is 21.3. The molecule has 1 fully saturated rings. The van der Waals surface area contributed by atoms with Crippen molar-refractivity contribution >= 4 is 0 Å². The molecule has 0 aromatic heterocycles. The molecule has 1 atom stereocenters. The van der Waals surface area contributed by atoms with Gasteiger partial charge in [-0.2, -0.15) is 0 Å². The second-order valence-electron chi connectivity index (χ2n) is 9.98. The number of hydrogen-bond donors (Lipinski definition) is 0. The molecule has 0 radical (unpaired) electrons. The van der Waals surface area contributed by atoms with Gasteiger partial charge in [0.1, 0.15) is 17.7 Å². The van der Waals surface area contributed by atoms with E-state index < -0.39 is 0 Å². The summed E-state index contributed by atoms with van der Waals surface area (Å²) in [6.07, 6.45) is 0.604. The smallest absolute Gasteiger partial charge is 0.231 e. The van der Waals surface area contributed by atoms with Gasteiger partial charge in [0.15, 0.2) is 11.5 Å². The molecule has 0 aliphatic carbocycles. The summed E-state index contributed by atoms with van der Waals surface area (Å²) in [7, 11) is 0. The Labute approximate surface area is 213 Å². The van der Waals surface area contributed by atoms with Gasteiger partial charge in [0.05, 0.1) is 0 Å². The zero-order chi connectivity index (χ0) is 24.9. The van der Waals surface area contributed by atoms with Gasteiger partial charge in [-0.05, 0) is 59.0 Å². The van der Waals surface area contributed by atoms with Crippen molar-refractivity contribution in [3.05, 3.63) is 89.2 Å². The van der Waals surface area contributed by atoms with Crippen LogP contribution in [0.4, 0.5) is 4.39 Å². The molecule has 2 aliphatic rings. The van der Waals surface area contributed by atoms with E-state index in [9.17, 15) is 4.39 Å². The van der Waals surface area contributed by atoms with E-state index in [2.05, 4.69) is 47.9 Å². The van der Waals surface area contributed by atoms with Gasteiger partial charge in [0, 0.05) is 45.7 Å². The average molecular weight is 491 g/mol. The normalized spacial score (nSPS) is 16.9. The van der Waals surface area contributed by atoms with Crippen molar-refractivity contribution in [2.45, 2.75) is 38.8 Å². The molecule has 0 amide bonds. The highest BCUT2D eigenvalue weighted by Crippen LogP contribution is 2.33. The Hall–Kier alpha value is -3.09. The average Bonchev–Trinajstić information content (AvgIpc) is 3.35. The molecule has 3 aromatic carbocycles. The summed E-state index contributed by atoms with van der Waals surface area (Å²) in [5, 5.41) is 0.